The number of hydrogen-bond donors (Lipinski definition) is 4. The molecule has 4 N–H and O–H groups in total. The van der Waals surface area contributed by atoms with Crippen LogP contribution in [-0.4, -0.2) is 34.4 Å². The van der Waals surface area contributed by atoms with Gasteiger partial charge < -0.3 is 15.7 Å². The van der Waals surface area contributed by atoms with Crippen molar-refractivity contribution in [2.45, 2.75) is 6.54 Å². The monoisotopic (exact) mass is 313 g/mol. The van der Waals surface area contributed by atoms with Gasteiger partial charge in [0.05, 0.1) is 11.6 Å². The van der Waals surface area contributed by atoms with Crippen LogP contribution in [0.3, 0.4) is 0 Å². The minimum absolute atomic E-state index is 0.00954. The van der Waals surface area contributed by atoms with Gasteiger partial charge in [-0.3, -0.25) is 5.41 Å². The normalized spacial score (nSPS) is 10.6. The number of amidine groups is 1. The number of rotatable bonds is 6. The summed E-state index contributed by atoms with van der Waals surface area (Å²) in [5, 5.41) is 29.6. The molecule has 21 heavy (non-hydrogen) atoms. The van der Waals surface area contributed by atoms with Crippen molar-refractivity contribution in [2.75, 3.05) is 18.5 Å². The summed E-state index contributed by atoms with van der Waals surface area (Å²) in [7, 11) is 0. The highest BCUT2D eigenvalue weighted by molar-refractivity contribution is 6.31. The van der Waals surface area contributed by atoms with Crippen molar-refractivity contribution in [1.82, 2.24) is 15.6 Å². The van der Waals surface area contributed by atoms with Crippen LogP contribution < -0.4 is 10.6 Å². The van der Waals surface area contributed by atoms with Crippen molar-refractivity contribution in [3.8, 4) is 0 Å². The number of benzene rings is 1. The fourth-order valence-corrected chi connectivity index (χ4v) is 1.76. The lowest BCUT2D eigenvalue weighted by atomic mass is 10.2. The molecule has 0 amide bonds. The first-order valence-electron chi connectivity index (χ1n) is 6.06. The molecule has 0 aliphatic carbocycles. The largest absolute Gasteiger partial charge is 0.395 e. The van der Waals surface area contributed by atoms with E-state index in [2.05, 4.69) is 25.6 Å². The van der Waals surface area contributed by atoms with Gasteiger partial charge in [-0.25, -0.2) is 9.02 Å². The highest BCUT2D eigenvalue weighted by Gasteiger charge is 2.15. The number of hydrogen-bond acceptors (Lipinski definition) is 6. The first-order valence-corrected chi connectivity index (χ1v) is 6.43. The molecule has 0 radical (unpaired) electrons. The standard InChI is InChI=1S/C12H13ClFN5O2/c13-8-5-7(1-2-9(8)14)17-12(15)11-10(18-21-19-11)6-16-3-4-20/h1-2,5,16,20H,3-4,6H2,(H2,15,17). The first kappa shape index (κ1) is 15.4. The number of halogens is 2. The molecule has 1 aromatic carbocycles. The molecule has 0 atom stereocenters. The van der Waals surface area contributed by atoms with Crippen LogP contribution in [0.25, 0.3) is 0 Å². The van der Waals surface area contributed by atoms with Crippen molar-refractivity contribution in [2.24, 2.45) is 0 Å². The summed E-state index contributed by atoms with van der Waals surface area (Å²) in [5.74, 6) is -0.592. The van der Waals surface area contributed by atoms with Crippen molar-refractivity contribution < 1.29 is 14.1 Å². The van der Waals surface area contributed by atoms with Gasteiger partial charge in [0, 0.05) is 18.8 Å². The zero-order chi connectivity index (χ0) is 15.2. The maximum absolute atomic E-state index is 13.1. The van der Waals surface area contributed by atoms with E-state index in [0.29, 0.717) is 24.5 Å². The quantitative estimate of drug-likeness (QED) is 0.365. The molecule has 2 aromatic rings. The molecule has 0 aliphatic rings. The van der Waals surface area contributed by atoms with E-state index in [1.54, 1.807) is 0 Å². The van der Waals surface area contributed by atoms with Gasteiger partial charge in [0.2, 0.25) is 0 Å². The SMILES string of the molecule is N=C(Nc1ccc(F)c(Cl)c1)c1nonc1CNCCO. The summed E-state index contributed by atoms with van der Waals surface area (Å²) in [5.41, 5.74) is 1.10. The minimum atomic E-state index is -0.536. The Bertz CT molecular complexity index is 634. The van der Waals surface area contributed by atoms with Crippen LogP contribution in [0.1, 0.15) is 11.4 Å². The van der Waals surface area contributed by atoms with Crippen LogP contribution in [0.5, 0.6) is 0 Å². The Morgan fingerprint density at radius 3 is 2.95 bits per heavy atom. The average molecular weight is 314 g/mol. The van der Waals surface area contributed by atoms with Gasteiger partial charge in [0.15, 0.2) is 11.5 Å². The van der Waals surface area contributed by atoms with Gasteiger partial charge in [0.25, 0.3) is 0 Å². The lowest BCUT2D eigenvalue weighted by Crippen LogP contribution is -2.21. The maximum Gasteiger partial charge on any atom is 0.174 e. The zero-order valence-corrected chi connectivity index (χ0v) is 11.6. The first-order chi connectivity index (χ1) is 10.1. The lowest BCUT2D eigenvalue weighted by Gasteiger charge is -2.07. The Balaban J connectivity index is 2.06. The lowest BCUT2D eigenvalue weighted by molar-refractivity contribution is 0.287. The van der Waals surface area contributed by atoms with E-state index in [4.69, 9.17) is 22.1 Å². The Hall–Kier alpha value is -2.03. The number of aromatic nitrogens is 2. The van der Waals surface area contributed by atoms with Gasteiger partial charge in [-0.1, -0.05) is 16.8 Å². The molecule has 1 heterocycles. The van der Waals surface area contributed by atoms with E-state index < -0.39 is 5.82 Å². The third kappa shape index (κ3) is 3.97. The van der Waals surface area contributed by atoms with Gasteiger partial charge in [-0.15, -0.1) is 0 Å². The third-order valence-corrected chi connectivity index (χ3v) is 2.85. The molecule has 0 saturated heterocycles. The van der Waals surface area contributed by atoms with Crippen LogP contribution in [0, 0.1) is 11.2 Å². The van der Waals surface area contributed by atoms with Gasteiger partial charge in [-0.2, -0.15) is 0 Å². The molecule has 0 bridgehead atoms. The second-order valence-electron chi connectivity index (χ2n) is 4.09. The summed E-state index contributed by atoms with van der Waals surface area (Å²) < 4.78 is 17.7. The Kier molecular flexibility index (Phi) is 5.20. The topological polar surface area (TPSA) is 107 Å². The molecule has 9 heteroatoms. The number of aliphatic hydroxyl groups excluding tert-OH is 1. The number of nitrogens with zero attached hydrogens (tertiary/aromatic N) is 2. The van der Waals surface area contributed by atoms with Crippen molar-refractivity contribution >= 4 is 23.1 Å². The highest BCUT2D eigenvalue weighted by Crippen LogP contribution is 2.20. The Labute approximate surface area is 124 Å². The number of aliphatic hydroxyl groups is 1. The summed E-state index contributed by atoms with van der Waals surface area (Å²) in [6.45, 7) is 0.679. The van der Waals surface area contributed by atoms with E-state index in [9.17, 15) is 4.39 Å². The molecular weight excluding hydrogens is 301 g/mol. The number of nitrogens with one attached hydrogen (secondary N) is 3. The molecule has 0 saturated carbocycles. The molecule has 0 fully saturated rings. The van der Waals surface area contributed by atoms with E-state index in [1.807, 2.05) is 0 Å². The van der Waals surface area contributed by atoms with E-state index in [-0.39, 0.29) is 23.2 Å². The summed E-state index contributed by atoms with van der Waals surface area (Å²) in [4.78, 5) is 0. The molecule has 1 aromatic heterocycles. The summed E-state index contributed by atoms with van der Waals surface area (Å²) in [6.07, 6.45) is 0. The average Bonchev–Trinajstić information content (AvgIpc) is 2.92. The molecular formula is C12H13ClFN5O2. The summed E-state index contributed by atoms with van der Waals surface area (Å²) >= 11 is 5.67. The minimum Gasteiger partial charge on any atom is -0.395 e. The molecule has 112 valence electrons. The molecule has 0 unspecified atom stereocenters. The van der Waals surface area contributed by atoms with E-state index in [1.165, 1.54) is 18.2 Å². The van der Waals surface area contributed by atoms with Crippen molar-refractivity contribution in [3.05, 3.63) is 40.4 Å². The smallest absolute Gasteiger partial charge is 0.174 e. The van der Waals surface area contributed by atoms with Crippen LogP contribution >= 0.6 is 11.6 Å². The van der Waals surface area contributed by atoms with E-state index >= 15 is 0 Å². The maximum atomic E-state index is 13.1. The Morgan fingerprint density at radius 1 is 1.43 bits per heavy atom. The fraction of sp³-hybridized carbons (Fsp3) is 0.250. The van der Waals surface area contributed by atoms with Gasteiger partial charge in [0.1, 0.15) is 11.5 Å². The summed E-state index contributed by atoms with van der Waals surface area (Å²) in [6, 6.07) is 4.01. The highest BCUT2D eigenvalue weighted by atomic mass is 35.5. The molecule has 2 rings (SSSR count). The fourth-order valence-electron chi connectivity index (χ4n) is 1.58. The number of anilines is 1. The second kappa shape index (κ2) is 7.11. The van der Waals surface area contributed by atoms with Crippen molar-refractivity contribution in [1.29, 1.82) is 5.41 Å². The van der Waals surface area contributed by atoms with E-state index in [0.717, 1.165) is 0 Å². The Morgan fingerprint density at radius 2 is 2.24 bits per heavy atom. The van der Waals surface area contributed by atoms with Crippen LogP contribution in [0.4, 0.5) is 10.1 Å². The van der Waals surface area contributed by atoms with Gasteiger partial charge >= 0.3 is 0 Å². The molecule has 7 nitrogen and oxygen atoms in total. The van der Waals surface area contributed by atoms with Gasteiger partial charge in [-0.05, 0) is 23.4 Å². The zero-order valence-electron chi connectivity index (χ0n) is 10.9. The third-order valence-electron chi connectivity index (χ3n) is 2.56. The molecule has 0 aliphatic heterocycles. The van der Waals surface area contributed by atoms with Crippen LogP contribution in [0.2, 0.25) is 5.02 Å². The predicted molar refractivity (Wildman–Crippen MR) is 75.0 cm³/mol. The second-order valence-corrected chi connectivity index (χ2v) is 4.50. The van der Waals surface area contributed by atoms with Crippen LogP contribution in [0.15, 0.2) is 22.8 Å². The van der Waals surface area contributed by atoms with Crippen LogP contribution in [-0.2, 0) is 6.54 Å². The predicted octanol–water partition coefficient (Wildman–Crippen LogP) is 1.38. The van der Waals surface area contributed by atoms with Crippen molar-refractivity contribution in [3.63, 3.8) is 0 Å². The molecule has 0 spiro atoms.